The molecule has 0 radical (unpaired) electrons. The minimum absolute atomic E-state index is 0.511. The Balaban J connectivity index is 1.14. The summed E-state index contributed by atoms with van der Waals surface area (Å²) in [5.74, 6) is 3.70. The van der Waals surface area contributed by atoms with Crippen LogP contribution in [-0.4, -0.2) is 49.8 Å². The Morgan fingerprint density at radius 2 is 1.42 bits per heavy atom. The lowest BCUT2D eigenvalue weighted by molar-refractivity contribution is 0.300. The van der Waals surface area contributed by atoms with Gasteiger partial charge in [0.15, 0.2) is 0 Å². The number of hydrogen-bond donors (Lipinski definition) is 1. The first kappa shape index (κ1) is 21.1. The van der Waals surface area contributed by atoms with Crippen molar-refractivity contribution in [2.45, 2.75) is 13.2 Å². The van der Waals surface area contributed by atoms with E-state index in [2.05, 4.69) is 57.6 Å². The summed E-state index contributed by atoms with van der Waals surface area (Å²) in [5, 5.41) is 3.29. The normalized spacial score (nSPS) is 15.1. The van der Waals surface area contributed by atoms with Crippen molar-refractivity contribution < 1.29 is 9.47 Å². The van der Waals surface area contributed by atoms with Gasteiger partial charge >= 0.3 is 0 Å². The molecule has 6 heteroatoms. The molecule has 0 amide bonds. The molecule has 0 saturated heterocycles. The van der Waals surface area contributed by atoms with E-state index in [1.165, 1.54) is 0 Å². The third kappa shape index (κ3) is 5.17. The third-order valence-electron chi connectivity index (χ3n) is 5.78. The Bertz CT molecular complexity index is 1150. The van der Waals surface area contributed by atoms with Crippen molar-refractivity contribution >= 4 is 11.7 Å². The molecule has 5 rings (SSSR count). The molecule has 0 aromatic heterocycles. The van der Waals surface area contributed by atoms with Gasteiger partial charge in [0.05, 0.1) is 13.1 Å². The second-order valence-electron chi connectivity index (χ2n) is 8.23. The van der Waals surface area contributed by atoms with Gasteiger partial charge in [-0.2, -0.15) is 0 Å². The maximum Gasteiger partial charge on any atom is 0.130 e. The molecule has 0 saturated carbocycles. The fraction of sp³-hybridized carbons (Fsp3) is 0.259. The van der Waals surface area contributed by atoms with E-state index in [0.717, 1.165) is 71.6 Å². The molecule has 168 valence electrons. The van der Waals surface area contributed by atoms with Crippen molar-refractivity contribution in [3.05, 3.63) is 95.1 Å². The average molecular weight is 441 g/mol. The van der Waals surface area contributed by atoms with Crippen molar-refractivity contribution in [1.82, 2.24) is 10.2 Å². The van der Waals surface area contributed by atoms with Crippen molar-refractivity contribution in [3.63, 3.8) is 0 Å². The number of benzene rings is 3. The zero-order valence-corrected chi connectivity index (χ0v) is 18.8. The summed E-state index contributed by atoms with van der Waals surface area (Å²) in [6, 6.07) is 24.5. The lowest BCUT2D eigenvalue weighted by atomic mass is 10.1. The molecule has 6 nitrogen and oxygen atoms in total. The minimum atomic E-state index is 0.511. The van der Waals surface area contributed by atoms with Crippen LogP contribution in [0.15, 0.2) is 82.8 Å². The quantitative estimate of drug-likeness (QED) is 0.578. The number of aliphatic imine (C=N–C) groups is 2. The van der Waals surface area contributed by atoms with Gasteiger partial charge < -0.3 is 19.7 Å². The highest BCUT2D eigenvalue weighted by Crippen LogP contribution is 2.19. The number of likely N-dealkylation sites (N-methyl/N-ethyl adjacent to an activating group) is 1. The highest BCUT2D eigenvalue weighted by atomic mass is 16.5. The fourth-order valence-electron chi connectivity index (χ4n) is 3.99. The van der Waals surface area contributed by atoms with Crippen molar-refractivity contribution in [2.75, 3.05) is 33.2 Å². The highest BCUT2D eigenvalue weighted by molar-refractivity contribution is 6.00. The zero-order chi connectivity index (χ0) is 22.5. The van der Waals surface area contributed by atoms with E-state index in [4.69, 9.17) is 9.47 Å². The van der Waals surface area contributed by atoms with Gasteiger partial charge in [-0.1, -0.05) is 18.2 Å². The van der Waals surface area contributed by atoms with Crippen LogP contribution in [0.4, 0.5) is 0 Å². The molecule has 2 heterocycles. The number of nitrogens with one attached hydrogen (secondary N) is 1. The average Bonchev–Trinajstić information content (AvgIpc) is 3.55. The Morgan fingerprint density at radius 3 is 1.97 bits per heavy atom. The summed E-state index contributed by atoms with van der Waals surface area (Å²) >= 11 is 0. The van der Waals surface area contributed by atoms with Crippen LogP contribution in [0.1, 0.15) is 22.3 Å². The summed E-state index contributed by atoms with van der Waals surface area (Å²) in [6.07, 6.45) is 0. The molecule has 1 N–H and O–H groups in total. The van der Waals surface area contributed by atoms with E-state index in [9.17, 15) is 0 Å². The van der Waals surface area contributed by atoms with E-state index >= 15 is 0 Å². The van der Waals surface area contributed by atoms with Gasteiger partial charge in [0, 0.05) is 31.3 Å². The number of amidine groups is 2. The van der Waals surface area contributed by atoms with Gasteiger partial charge in [0.25, 0.3) is 0 Å². The van der Waals surface area contributed by atoms with Crippen LogP contribution in [0.3, 0.4) is 0 Å². The molecule has 2 aliphatic rings. The summed E-state index contributed by atoms with van der Waals surface area (Å²) in [7, 11) is 2.07. The van der Waals surface area contributed by atoms with Crippen molar-refractivity contribution in [2.24, 2.45) is 9.98 Å². The second kappa shape index (κ2) is 9.77. The summed E-state index contributed by atoms with van der Waals surface area (Å²) < 4.78 is 12.0. The van der Waals surface area contributed by atoms with Crippen molar-refractivity contribution in [1.29, 1.82) is 0 Å². The molecule has 0 unspecified atom stereocenters. The van der Waals surface area contributed by atoms with E-state index in [-0.39, 0.29) is 0 Å². The van der Waals surface area contributed by atoms with Crippen LogP contribution in [0.25, 0.3) is 0 Å². The summed E-state index contributed by atoms with van der Waals surface area (Å²) in [5.41, 5.74) is 4.44. The van der Waals surface area contributed by atoms with Gasteiger partial charge in [-0.3, -0.25) is 9.98 Å². The molecule has 0 fully saturated rings. The fourth-order valence-corrected chi connectivity index (χ4v) is 3.99. The Labute approximate surface area is 194 Å². The maximum atomic E-state index is 6.00. The van der Waals surface area contributed by atoms with Crippen molar-refractivity contribution in [3.8, 4) is 11.5 Å². The predicted molar refractivity (Wildman–Crippen MR) is 131 cm³/mol. The molecule has 0 bridgehead atoms. The largest absolute Gasteiger partial charge is 0.489 e. The van der Waals surface area contributed by atoms with E-state index in [0.29, 0.717) is 13.2 Å². The van der Waals surface area contributed by atoms with Crippen LogP contribution in [0.5, 0.6) is 11.5 Å². The van der Waals surface area contributed by atoms with Crippen LogP contribution in [0.2, 0.25) is 0 Å². The first-order valence-corrected chi connectivity index (χ1v) is 11.3. The van der Waals surface area contributed by atoms with Gasteiger partial charge in [-0.15, -0.1) is 0 Å². The topological polar surface area (TPSA) is 58.5 Å². The molecular formula is C27H28N4O2. The lowest BCUT2D eigenvalue weighted by Gasteiger charge is -2.14. The molecule has 2 aliphatic heterocycles. The van der Waals surface area contributed by atoms with E-state index < -0.39 is 0 Å². The number of nitrogens with zero attached hydrogens (tertiary/aromatic N) is 3. The van der Waals surface area contributed by atoms with Gasteiger partial charge in [-0.05, 0) is 65.7 Å². The molecule has 0 spiro atoms. The zero-order valence-electron chi connectivity index (χ0n) is 18.8. The predicted octanol–water partition coefficient (Wildman–Crippen LogP) is 3.89. The molecule has 3 aromatic carbocycles. The molecular weight excluding hydrogens is 412 g/mol. The van der Waals surface area contributed by atoms with Crippen LogP contribution in [-0.2, 0) is 13.2 Å². The first-order valence-electron chi connectivity index (χ1n) is 11.3. The Kier molecular flexibility index (Phi) is 6.24. The molecule has 3 aromatic rings. The monoisotopic (exact) mass is 440 g/mol. The van der Waals surface area contributed by atoms with E-state index in [1.807, 2.05) is 42.5 Å². The van der Waals surface area contributed by atoms with E-state index in [1.54, 1.807) is 0 Å². The van der Waals surface area contributed by atoms with Gasteiger partial charge in [-0.25, -0.2) is 0 Å². The first-order chi connectivity index (χ1) is 16.2. The number of hydrogen-bond acceptors (Lipinski definition) is 6. The minimum Gasteiger partial charge on any atom is -0.489 e. The summed E-state index contributed by atoms with van der Waals surface area (Å²) in [4.78, 5) is 11.2. The molecule has 0 aliphatic carbocycles. The van der Waals surface area contributed by atoms with Crippen LogP contribution in [0, 0.1) is 0 Å². The van der Waals surface area contributed by atoms with Crippen LogP contribution < -0.4 is 14.8 Å². The number of ether oxygens (including phenoxy) is 2. The van der Waals surface area contributed by atoms with Gasteiger partial charge in [0.2, 0.25) is 0 Å². The third-order valence-corrected chi connectivity index (χ3v) is 5.78. The molecule has 0 atom stereocenters. The lowest BCUT2D eigenvalue weighted by Crippen LogP contribution is -2.23. The second-order valence-corrected chi connectivity index (χ2v) is 8.23. The highest BCUT2D eigenvalue weighted by Gasteiger charge is 2.14. The SMILES string of the molecule is CN1CCN=C1c1ccc(OCc2cccc(COc3ccc(C4=NCCN4)cc3)c2)cc1. The smallest absolute Gasteiger partial charge is 0.130 e. The standard InChI is InChI=1S/C27H28N4O2/c1-31-16-15-30-27(31)23-7-11-25(12-8-23)33-19-21-4-2-3-20(17-21)18-32-24-9-5-22(6-10-24)26-28-13-14-29-26/h2-12,17H,13-16,18-19H2,1H3,(H,28,29). The maximum absolute atomic E-state index is 6.00. The molecule has 33 heavy (non-hydrogen) atoms. The van der Waals surface area contributed by atoms with Crippen LogP contribution >= 0.6 is 0 Å². The van der Waals surface area contributed by atoms with Gasteiger partial charge in [0.1, 0.15) is 36.4 Å². The number of rotatable bonds is 8. The summed E-state index contributed by atoms with van der Waals surface area (Å²) in [6.45, 7) is 4.61. The Hall–Kier alpha value is -3.80. The Morgan fingerprint density at radius 1 is 0.788 bits per heavy atom.